The van der Waals surface area contributed by atoms with Crippen LogP contribution in [0.2, 0.25) is 0 Å². The Kier molecular flexibility index (Phi) is 4.04. The number of hydrogen-bond donors (Lipinski definition) is 1. The van der Waals surface area contributed by atoms with Crippen LogP contribution in [0.15, 0.2) is 30.3 Å². The zero-order valence-corrected chi connectivity index (χ0v) is 11.5. The predicted molar refractivity (Wildman–Crippen MR) is 69.8 cm³/mol. The molecule has 1 heterocycles. The fraction of sp³-hybridized carbons (Fsp3) is 0.538. The molecule has 0 spiro atoms. The van der Waals surface area contributed by atoms with E-state index in [1.54, 1.807) is 0 Å². The van der Waals surface area contributed by atoms with Crippen LogP contribution in [-0.4, -0.2) is 33.5 Å². The molecule has 0 atom stereocenters. The summed E-state index contributed by atoms with van der Waals surface area (Å²) >= 11 is 2.28. The number of likely N-dealkylation sites (tertiary alicyclic amines) is 1. The second kappa shape index (κ2) is 5.23. The molecule has 1 aromatic carbocycles. The molecule has 1 fully saturated rings. The Labute approximate surface area is 114 Å². The van der Waals surface area contributed by atoms with E-state index in [1.807, 2.05) is 30.3 Å². The molecule has 0 aliphatic carbocycles. The van der Waals surface area contributed by atoms with Crippen LogP contribution in [0, 0.1) is 0 Å². The van der Waals surface area contributed by atoms with Gasteiger partial charge < -0.3 is 5.11 Å². The van der Waals surface area contributed by atoms with Crippen molar-refractivity contribution in [3.63, 3.8) is 0 Å². The third-order valence-electron chi connectivity index (χ3n) is 3.46. The van der Waals surface area contributed by atoms with Crippen molar-refractivity contribution in [3.05, 3.63) is 35.9 Å². The fourth-order valence-electron chi connectivity index (χ4n) is 2.21. The maximum Gasteiger partial charge on any atom is 0.329 e. The van der Waals surface area contributed by atoms with E-state index in [-0.39, 0.29) is 12.8 Å². The molecule has 0 bridgehead atoms. The molecule has 1 aliphatic heterocycles. The number of hydrogen-bond acceptors (Lipinski definition) is 2. The van der Waals surface area contributed by atoms with Gasteiger partial charge in [-0.1, -0.05) is 30.3 Å². The first-order valence-corrected chi connectivity index (χ1v) is 6.75. The Hall–Kier alpha value is -0.520. The lowest BCUT2D eigenvalue weighted by molar-refractivity contribution is -0.143. The van der Waals surface area contributed by atoms with Crippen molar-refractivity contribution < 1.29 is 13.9 Å². The van der Waals surface area contributed by atoms with Crippen molar-refractivity contribution in [3.8, 4) is 0 Å². The highest BCUT2D eigenvalue weighted by Gasteiger charge is 2.51. The Morgan fingerprint density at radius 2 is 1.78 bits per heavy atom. The average molecular weight is 320 g/mol. The zero-order chi connectivity index (χ0) is 13.2. The monoisotopic (exact) mass is 319 g/mol. The predicted octanol–water partition coefficient (Wildman–Crippen LogP) is 3.00. The molecule has 18 heavy (non-hydrogen) atoms. The second-order valence-electron chi connectivity index (χ2n) is 4.79. The average Bonchev–Trinajstić information content (AvgIpc) is 2.32. The van der Waals surface area contributed by atoms with Crippen molar-refractivity contribution in [2.45, 2.75) is 29.8 Å². The van der Waals surface area contributed by atoms with E-state index in [1.165, 1.54) is 0 Å². The Morgan fingerprint density at radius 1 is 1.22 bits per heavy atom. The normalized spacial score (nSPS) is 20.9. The number of aliphatic hydroxyl groups is 1. The van der Waals surface area contributed by atoms with Gasteiger partial charge in [0.25, 0.3) is 0 Å². The van der Waals surface area contributed by atoms with Gasteiger partial charge >= 0.3 is 4.83 Å². The minimum Gasteiger partial charge on any atom is -0.383 e. The Balaban J connectivity index is 1.91. The molecule has 2 nitrogen and oxygen atoms in total. The van der Waals surface area contributed by atoms with Gasteiger partial charge in [0.2, 0.25) is 0 Å². The number of alkyl halides is 3. The third kappa shape index (κ3) is 3.08. The topological polar surface area (TPSA) is 23.5 Å². The molecule has 1 aromatic rings. The molecule has 100 valence electrons. The standard InChI is InChI=1S/C13H16BrF2NO/c14-13(15,16)12(18)6-8-17(9-7-12)10-11-4-2-1-3-5-11/h1-5,18H,6-10H2. The maximum absolute atomic E-state index is 13.2. The summed E-state index contributed by atoms with van der Waals surface area (Å²) < 4.78 is 26.4. The second-order valence-corrected chi connectivity index (χ2v) is 5.79. The van der Waals surface area contributed by atoms with Crippen molar-refractivity contribution >= 4 is 15.9 Å². The van der Waals surface area contributed by atoms with Crippen LogP contribution < -0.4 is 0 Å². The van der Waals surface area contributed by atoms with E-state index in [4.69, 9.17) is 0 Å². The summed E-state index contributed by atoms with van der Waals surface area (Å²) in [7, 11) is 0. The summed E-state index contributed by atoms with van der Waals surface area (Å²) in [6.45, 7) is 1.70. The van der Waals surface area contributed by atoms with Gasteiger partial charge in [-0.15, -0.1) is 0 Å². The van der Waals surface area contributed by atoms with E-state index in [9.17, 15) is 13.9 Å². The largest absolute Gasteiger partial charge is 0.383 e. The molecule has 0 unspecified atom stereocenters. The third-order valence-corrected chi connectivity index (χ3v) is 4.20. The maximum atomic E-state index is 13.2. The molecular weight excluding hydrogens is 304 g/mol. The van der Waals surface area contributed by atoms with Gasteiger partial charge in [-0.2, -0.15) is 8.78 Å². The van der Waals surface area contributed by atoms with Crippen LogP contribution in [0.1, 0.15) is 18.4 Å². The van der Waals surface area contributed by atoms with Gasteiger partial charge in [-0.3, -0.25) is 4.90 Å². The first-order chi connectivity index (χ1) is 8.41. The van der Waals surface area contributed by atoms with Gasteiger partial charge in [0.15, 0.2) is 0 Å². The van der Waals surface area contributed by atoms with Crippen LogP contribution >= 0.6 is 15.9 Å². The number of halogens is 3. The SMILES string of the molecule is OC1(C(F)(F)Br)CCN(Cc2ccccc2)CC1. The Bertz CT molecular complexity index is 386. The summed E-state index contributed by atoms with van der Waals surface area (Å²) in [6, 6.07) is 9.90. The number of nitrogens with zero attached hydrogens (tertiary/aromatic N) is 1. The quantitative estimate of drug-likeness (QED) is 0.866. The first-order valence-electron chi connectivity index (χ1n) is 5.96. The summed E-state index contributed by atoms with van der Waals surface area (Å²) in [5, 5.41) is 9.87. The summed E-state index contributed by atoms with van der Waals surface area (Å²) in [5.74, 6) is 0. The van der Waals surface area contributed by atoms with Gasteiger partial charge in [-0.05, 0) is 34.3 Å². The van der Waals surface area contributed by atoms with E-state index in [0.717, 1.165) is 12.1 Å². The highest BCUT2D eigenvalue weighted by atomic mass is 79.9. The minimum atomic E-state index is -3.21. The van der Waals surface area contributed by atoms with Crippen LogP contribution in [0.4, 0.5) is 8.78 Å². The minimum absolute atomic E-state index is 0.0814. The highest BCUT2D eigenvalue weighted by Crippen LogP contribution is 2.41. The molecule has 1 saturated heterocycles. The Morgan fingerprint density at radius 3 is 2.28 bits per heavy atom. The lowest BCUT2D eigenvalue weighted by Gasteiger charge is -2.40. The summed E-state index contributed by atoms with van der Waals surface area (Å²) in [4.78, 5) is -1.12. The van der Waals surface area contributed by atoms with Gasteiger partial charge in [0.05, 0.1) is 0 Å². The number of benzene rings is 1. The van der Waals surface area contributed by atoms with E-state index in [2.05, 4.69) is 20.8 Å². The fourth-order valence-corrected chi connectivity index (χ4v) is 2.60. The van der Waals surface area contributed by atoms with Crippen LogP contribution in [-0.2, 0) is 6.54 Å². The molecule has 0 saturated carbocycles. The molecule has 0 aromatic heterocycles. The van der Waals surface area contributed by atoms with Gasteiger partial charge in [0, 0.05) is 19.6 Å². The van der Waals surface area contributed by atoms with Crippen LogP contribution in [0.25, 0.3) is 0 Å². The summed E-state index contributed by atoms with van der Waals surface area (Å²) in [5.41, 5.74) is -0.756. The van der Waals surface area contributed by atoms with Crippen molar-refractivity contribution in [1.82, 2.24) is 4.90 Å². The van der Waals surface area contributed by atoms with Gasteiger partial charge in [-0.25, -0.2) is 0 Å². The molecule has 5 heteroatoms. The molecular formula is C13H16BrF2NO. The number of piperidine rings is 1. The number of rotatable bonds is 3. The zero-order valence-electron chi connectivity index (χ0n) is 9.95. The molecule has 1 N–H and O–H groups in total. The lowest BCUT2D eigenvalue weighted by atomic mass is 9.91. The first kappa shape index (κ1) is 13.9. The van der Waals surface area contributed by atoms with Crippen molar-refractivity contribution in [1.29, 1.82) is 0 Å². The molecule has 2 rings (SSSR count). The van der Waals surface area contributed by atoms with E-state index >= 15 is 0 Å². The molecule has 0 amide bonds. The summed E-state index contributed by atoms with van der Waals surface area (Å²) in [6.07, 6.45) is 0.163. The van der Waals surface area contributed by atoms with Crippen molar-refractivity contribution in [2.24, 2.45) is 0 Å². The van der Waals surface area contributed by atoms with Gasteiger partial charge in [0.1, 0.15) is 5.60 Å². The van der Waals surface area contributed by atoms with Crippen LogP contribution in [0.5, 0.6) is 0 Å². The van der Waals surface area contributed by atoms with E-state index in [0.29, 0.717) is 13.1 Å². The smallest absolute Gasteiger partial charge is 0.329 e. The van der Waals surface area contributed by atoms with E-state index < -0.39 is 10.4 Å². The van der Waals surface area contributed by atoms with Crippen molar-refractivity contribution in [2.75, 3.05) is 13.1 Å². The van der Waals surface area contributed by atoms with Crippen LogP contribution in [0.3, 0.4) is 0 Å². The highest BCUT2D eigenvalue weighted by molar-refractivity contribution is 9.10. The molecule has 0 radical (unpaired) electrons. The molecule has 1 aliphatic rings. The lowest BCUT2D eigenvalue weighted by Crippen LogP contribution is -2.52.